The maximum absolute atomic E-state index is 13.7. The van der Waals surface area contributed by atoms with Crippen LogP contribution in [0, 0.1) is 7.43 Å². The van der Waals surface area contributed by atoms with Crippen LogP contribution in [-0.4, -0.2) is 140 Å². The van der Waals surface area contributed by atoms with Crippen molar-refractivity contribution in [1.29, 1.82) is 0 Å². The van der Waals surface area contributed by atoms with Crippen LogP contribution in [0.3, 0.4) is 0 Å². The molecule has 634 valence electrons. The van der Waals surface area contributed by atoms with E-state index in [2.05, 4.69) is 35.9 Å². The topological polar surface area (TPSA) is 290 Å². The molecule has 6 N–H and O–H groups in total. The van der Waals surface area contributed by atoms with Gasteiger partial charge in [0.25, 0.3) is 11.8 Å². The van der Waals surface area contributed by atoms with Gasteiger partial charge in [0.05, 0.1) is 53.5 Å². The fourth-order valence-corrected chi connectivity index (χ4v) is 12.6. The van der Waals surface area contributed by atoms with Crippen LogP contribution in [-0.2, 0) is 50.0 Å². The zero-order valence-corrected chi connectivity index (χ0v) is 70.2. The summed E-state index contributed by atoms with van der Waals surface area (Å²) >= 11 is 0. The van der Waals surface area contributed by atoms with E-state index in [1.165, 1.54) is 89.7 Å². The van der Waals surface area contributed by atoms with Gasteiger partial charge in [-0.2, -0.15) is 54.8 Å². The van der Waals surface area contributed by atoms with Crippen LogP contribution in [0.4, 0.5) is 61.4 Å². The Morgan fingerprint density at radius 3 is 1.11 bits per heavy atom. The van der Waals surface area contributed by atoms with E-state index >= 15 is 0 Å². The number of aryl methyl sites for hydroxylation is 3. The number of aromatic nitrogens is 12. The minimum absolute atomic E-state index is 0. The molecule has 1 aliphatic rings. The Balaban J connectivity index is 0.000000205. The van der Waals surface area contributed by atoms with Gasteiger partial charge in [0.1, 0.15) is 51.5 Å². The Morgan fingerprint density at radius 1 is 0.455 bits per heavy atom. The van der Waals surface area contributed by atoms with Gasteiger partial charge < -0.3 is 55.7 Å². The number of alkyl halides is 10. The molecule has 0 spiro atoms. The van der Waals surface area contributed by atoms with Crippen LogP contribution in [0.5, 0.6) is 0 Å². The summed E-state index contributed by atoms with van der Waals surface area (Å²) in [6, 6.07) is 51.6. The number of nitrogens with zero attached hydrogens (tertiary/aromatic N) is 12. The number of nitrogens with two attached hydrogens (primary N) is 1. The summed E-state index contributed by atoms with van der Waals surface area (Å²) in [7, 11) is 3.77. The number of pyridine rings is 3. The number of imidazole rings is 3. The number of ketones is 2. The number of hydrogen-bond donors (Lipinski definition) is 5. The molecular formula is C88H80BrF10MgN15O8. The van der Waals surface area contributed by atoms with Crippen molar-refractivity contribution in [2.24, 2.45) is 21.1 Å². The number of Topliss-reactive ketones (excluding diaryl/α,β-unsaturated/α-hetero) is 2. The number of anilines is 3. The monoisotopic (exact) mass is 1770 g/mol. The number of aromatic carboxylic acids is 1. The maximum atomic E-state index is 13.7. The fourth-order valence-electron chi connectivity index (χ4n) is 12.6. The normalized spacial score (nSPS) is 11.8. The number of fused-ring (bicyclic) bond motifs is 3. The van der Waals surface area contributed by atoms with Crippen molar-refractivity contribution >= 4 is 86.8 Å². The van der Waals surface area contributed by atoms with Crippen molar-refractivity contribution in [1.82, 2.24) is 57.5 Å². The number of ether oxygens (including phenoxy) is 1. The summed E-state index contributed by atoms with van der Waals surface area (Å²) in [4.78, 5) is 74.7. The number of carbonyl (C=O) groups is 5. The van der Waals surface area contributed by atoms with E-state index in [1.807, 2.05) is 91.0 Å². The second kappa shape index (κ2) is 40.6. The van der Waals surface area contributed by atoms with Crippen LogP contribution in [0.15, 0.2) is 237 Å². The van der Waals surface area contributed by atoms with Crippen molar-refractivity contribution in [2.45, 2.75) is 64.7 Å². The molecule has 16 rings (SSSR count). The largest absolute Gasteiger partial charge is 2.00 e. The molecular weight excluding hydrogens is 1690 g/mol. The molecule has 1 fully saturated rings. The van der Waals surface area contributed by atoms with E-state index in [9.17, 15) is 73.0 Å². The van der Waals surface area contributed by atoms with Gasteiger partial charge in [0.2, 0.25) is 0 Å². The molecule has 2 amide bonds. The Kier molecular flexibility index (Phi) is 31.0. The molecule has 9 aromatic heterocycles. The van der Waals surface area contributed by atoms with Gasteiger partial charge in [0, 0.05) is 127 Å². The SMILES string of the molecule is C1CCOC1.CC(=O)c1ccn2c(N)c(-c3ccccc3)nc2c1.CC(=O)c1ccn2c(NC(=O)c3ccc(C(F)(F)F)c(-c4ccn(C)n4)c3)c(-c3ccccc3)nc2c1.Cn1ccc(-c2cc(C(=O)Nc3c(-c4ccccc4)nc4cc(C(C)(C)O)ccn34)ccc2C(F)(F)F)n1.Cn1ccc(-c2cc(C(=O)O)ccc2C(F)(F)F)n1.[2H]CF.[Br-].[CH3-].[Mg+2]. The first-order chi connectivity index (χ1) is 57.4. The summed E-state index contributed by atoms with van der Waals surface area (Å²) in [6.45, 7) is 8.30. The summed E-state index contributed by atoms with van der Waals surface area (Å²) < 4.78 is 151. The number of nitrogens with one attached hydrogen (secondary N) is 2. The van der Waals surface area contributed by atoms with Gasteiger partial charge in [-0.25, -0.2) is 19.7 Å². The van der Waals surface area contributed by atoms with E-state index < -0.39 is 65.8 Å². The Morgan fingerprint density at radius 2 is 0.780 bits per heavy atom. The average molecular weight is 1770 g/mol. The van der Waals surface area contributed by atoms with Crippen LogP contribution in [0.25, 0.3) is 84.5 Å². The van der Waals surface area contributed by atoms with E-state index in [-0.39, 0.29) is 109 Å². The Hall–Kier alpha value is -13.0. The Bertz CT molecular complexity index is 6250. The zero-order valence-electron chi connectivity index (χ0n) is 68.2. The number of rotatable bonds is 14. The third-order valence-electron chi connectivity index (χ3n) is 18.6. The average Bonchev–Trinajstić information content (AvgIpc) is 1.59. The third kappa shape index (κ3) is 23.0. The number of carboxylic acid groups (broad SMARTS) is 1. The smallest absolute Gasteiger partial charge is 1.00 e. The van der Waals surface area contributed by atoms with Gasteiger partial charge in [-0.3, -0.25) is 50.8 Å². The molecule has 123 heavy (non-hydrogen) atoms. The van der Waals surface area contributed by atoms with Crippen molar-refractivity contribution in [3.05, 3.63) is 295 Å². The summed E-state index contributed by atoms with van der Waals surface area (Å²) in [5.41, 5.74) is 9.22. The molecule has 35 heteroatoms. The molecule has 0 aliphatic carbocycles. The number of aliphatic hydroxyl groups is 1. The Labute approximate surface area is 726 Å². The van der Waals surface area contributed by atoms with Gasteiger partial charge in [-0.05, 0) is 155 Å². The predicted octanol–water partition coefficient (Wildman–Crippen LogP) is 15.8. The van der Waals surface area contributed by atoms with Crippen molar-refractivity contribution in [3.8, 4) is 67.5 Å². The van der Waals surface area contributed by atoms with Crippen LogP contribution in [0.2, 0.25) is 0 Å². The van der Waals surface area contributed by atoms with Crippen molar-refractivity contribution in [3.63, 3.8) is 0 Å². The second-order valence-corrected chi connectivity index (χ2v) is 27.6. The van der Waals surface area contributed by atoms with Gasteiger partial charge >= 0.3 is 47.6 Å². The number of nitrogen functional groups attached to an aromatic ring is 1. The molecule has 0 radical (unpaired) electrons. The van der Waals surface area contributed by atoms with Gasteiger partial charge in [0.15, 0.2) is 11.6 Å². The number of carboxylic acids is 1. The standard InChI is InChI=1S/C28H24F3N5O2.C27H20F3N5O2.C15H13N3O.C12H9F3N2O2.C4H8O.CH3F.CH3.BrH.Mg/c1-27(2,38)19-11-14-36-23(16-19)32-24(17-7-5-4-6-8-17)25(36)33-26(37)18-9-10-21(28(29,30)31)20(15-18)22-12-13-35(3)34-22;1-16(36)18-10-13-35-23(15-18)31-24(17-6-4-3-5-7-17)25(35)32-26(37)19-8-9-21(27(28,29)30)20(14-19)22-11-12-34(2)33-22;1-10(19)12-7-8-18-13(9-12)17-14(15(18)16)11-5-3-2-4-6-11;1-17-5-4-10(16-17)8-6-7(11(18)19)2-3-9(8)12(13,14)15;1-2-4-5-3-1;1-2;;;/h4-16,38H,1-3H3,(H,33,37);3-15H,1-2H3,(H,32,37);2-9H,16H2,1H3;2-6H,1H3,(H,18,19);1-4H2;1H3;1H3;1H;/q;;;;;;-1;;+2/p-1/i;;;;;1D;;;. The predicted molar refractivity (Wildman–Crippen MR) is 445 cm³/mol. The van der Waals surface area contributed by atoms with E-state index in [4.69, 9.17) is 21.9 Å². The summed E-state index contributed by atoms with van der Waals surface area (Å²) in [5.74, 6) is -1.39. The molecule has 0 unspecified atom stereocenters. The minimum Gasteiger partial charge on any atom is -1.00 e. The number of amides is 2. The van der Waals surface area contributed by atoms with Crippen LogP contribution >= 0.6 is 0 Å². The van der Waals surface area contributed by atoms with E-state index in [0.29, 0.717) is 68.0 Å². The summed E-state index contributed by atoms with van der Waals surface area (Å²) in [5, 5.41) is 37.0. The molecule has 1 saturated heterocycles. The van der Waals surface area contributed by atoms with E-state index in [0.717, 1.165) is 72.5 Å². The molecule has 1 aliphatic heterocycles. The number of halogens is 11. The van der Waals surface area contributed by atoms with Crippen molar-refractivity contribution in [2.75, 3.05) is 36.7 Å². The maximum Gasteiger partial charge on any atom is 2.00 e. The number of benzene rings is 6. The number of hydrogen-bond acceptors (Lipinski definition) is 14. The molecule has 23 nitrogen and oxygen atoms in total. The fraction of sp³-hybridized carbons (Fsp3) is 0.182. The van der Waals surface area contributed by atoms with Gasteiger partial charge in [-0.1, -0.05) is 91.0 Å². The molecule has 15 aromatic rings. The zero-order chi connectivity index (χ0) is 87.4. The van der Waals surface area contributed by atoms with Crippen molar-refractivity contribution < 1.29 is 101 Å². The number of carbonyl (C=O) groups excluding carboxylic acids is 4. The minimum atomic E-state index is -4.63. The molecule has 10 heterocycles. The first-order valence-corrected chi connectivity index (χ1v) is 36.6. The quantitative estimate of drug-likeness (QED) is 0.0293. The first-order valence-electron chi connectivity index (χ1n) is 37.3. The summed E-state index contributed by atoms with van der Waals surface area (Å²) in [6.07, 6.45) is -1.62. The van der Waals surface area contributed by atoms with Crippen LogP contribution in [0.1, 0.15) is 116 Å². The molecule has 0 bridgehead atoms. The van der Waals surface area contributed by atoms with Gasteiger partial charge in [-0.15, -0.1) is 0 Å². The second-order valence-electron chi connectivity index (χ2n) is 27.6. The molecule has 6 aromatic carbocycles. The van der Waals surface area contributed by atoms with E-state index in [1.54, 1.807) is 103 Å². The first kappa shape index (κ1) is 93.9. The molecule has 0 atom stereocenters. The van der Waals surface area contributed by atoms with Crippen LogP contribution < -0.4 is 33.3 Å². The molecule has 0 saturated carbocycles. The third-order valence-corrected chi connectivity index (χ3v) is 18.6.